The van der Waals surface area contributed by atoms with Gasteiger partial charge in [0.25, 0.3) is 0 Å². The third kappa shape index (κ3) is 5.42. The number of rotatable bonds is 3. The second-order valence-electron chi connectivity index (χ2n) is 20.6. The van der Waals surface area contributed by atoms with Crippen LogP contribution < -0.4 is 9.64 Å². The predicted octanol–water partition coefficient (Wildman–Crippen LogP) is 19.3. The highest BCUT2D eigenvalue weighted by Crippen LogP contribution is 2.64. The summed E-state index contributed by atoms with van der Waals surface area (Å²) in [6.07, 6.45) is 0. The molecule has 1 atom stereocenters. The number of ether oxygens (including phenoxy) is 1. The Labute approximate surface area is 428 Å². The molecule has 0 radical (unpaired) electrons. The van der Waals surface area contributed by atoms with Crippen molar-refractivity contribution in [2.75, 3.05) is 4.90 Å². The van der Waals surface area contributed by atoms with E-state index in [2.05, 4.69) is 255 Å². The normalized spacial score (nSPS) is 15.5. The molecular formula is C70H45NOS. The molecule has 0 fully saturated rings. The number of para-hydroxylation sites is 2. The summed E-state index contributed by atoms with van der Waals surface area (Å²) in [5, 5.41) is 2.67. The maximum absolute atomic E-state index is 7.33. The van der Waals surface area contributed by atoms with Crippen LogP contribution in [-0.4, -0.2) is 0 Å². The van der Waals surface area contributed by atoms with E-state index in [1.807, 2.05) is 11.3 Å². The third-order valence-electron chi connectivity index (χ3n) is 16.7. The van der Waals surface area contributed by atoms with Crippen molar-refractivity contribution in [3.63, 3.8) is 0 Å². The summed E-state index contributed by atoms with van der Waals surface area (Å²) in [5.41, 5.74) is 24.8. The molecule has 16 rings (SSSR count). The summed E-state index contributed by atoms with van der Waals surface area (Å²) in [7, 11) is 0. The first kappa shape index (κ1) is 40.9. The van der Waals surface area contributed by atoms with E-state index in [1.165, 1.54) is 98.1 Å². The van der Waals surface area contributed by atoms with Crippen LogP contribution in [0.25, 0.3) is 86.9 Å². The smallest absolute Gasteiger partial charge is 0.159 e. The second kappa shape index (κ2) is 14.9. The molecule has 3 aliphatic carbocycles. The quantitative estimate of drug-likeness (QED) is 0.175. The maximum Gasteiger partial charge on any atom is 0.159 e. The first-order chi connectivity index (χ1) is 36.0. The number of nitrogens with zero attached hydrogens (tertiary/aromatic N) is 1. The Hall–Kier alpha value is -8.76. The SMILES string of the molecule is CC1(C)c2ccccc2-c2ccc(N(c3ccc4c(c3)-c3ccccc3-c3ccccc3C43c4ccccc4-c4c3ccc3sc5ccccc5c43)c3cccc4c3Oc3ccccc3-c3ccccc3-4)cc21. The standard InChI is InChI=1S/C70H45NOS/c1-69(2)56-28-12-7-23-49(56)50-36-34-43(41-61(50)69)71(62-31-17-27-52-46-20-5-4-19-45(46)51-24-10-15-32-63(51)72-68(52)62)42-35-37-59-55(40-42)47-21-6-3-18-44(47)48-22-8-13-29-57(48)70(59)58-30-14-9-25-53(58)66-60(70)38-39-65-67(66)54-26-11-16-33-64(54)73-65/h3-41H,1-2H3. The van der Waals surface area contributed by atoms with Gasteiger partial charge in [0, 0.05) is 48.1 Å². The van der Waals surface area contributed by atoms with E-state index in [0.717, 1.165) is 50.8 Å². The Morgan fingerprint density at radius 3 is 1.66 bits per heavy atom. The first-order valence-electron chi connectivity index (χ1n) is 25.4. The van der Waals surface area contributed by atoms with E-state index in [9.17, 15) is 0 Å². The van der Waals surface area contributed by atoms with Gasteiger partial charge in [-0.25, -0.2) is 0 Å². The summed E-state index contributed by atoms with van der Waals surface area (Å²) in [4.78, 5) is 2.47. The Morgan fingerprint density at radius 1 is 0.356 bits per heavy atom. The van der Waals surface area contributed by atoms with E-state index >= 15 is 0 Å². The van der Waals surface area contributed by atoms with Gasteiger partial charge in [-0.3, -0.25) is 0 Å². The molecule has 0 amide bonds. The van der Waals surface area contributed by atoms with Gasteiger partial charge in [0.15, 0.2) is 5.75 Å². The fraction of sp³-hybridized carbons (Fsp3) is 0.0571. The van der Waals surface area contributed by atoms with E-state index in [1.54, 1.807) is 0 Å². The Morgan fingerprint density at radius 2 is 0.877 bits per heavy atom. The largest absolute Gasteiger partial charge is 0.454 e. The van der Waals surface area contributed by atoms with Crippen molar-refractivity contribution in [3.05, 3.63) is 270 Å². The van der Waals surface area contributed by atoms with Crippen molar-refractivity contribution < 1.29 is 4.74 Å². The van der Waals surface area contributed by atoms with Crippen molar-refractivity contribution in [1.29, 1.82) is 0 Å². The van der Waals surface area contributed by atoms with Crippen molar-refractivity contribution in [1.82, 2.24) is 0 Å². The van der Waals surface area contributed by atoms with E-state index in [-0.39, 0.29) is 5.41 Å². The first-order valence-corrected chi connectivity index (χ1v) is 26.2. The minimum atomic E-state index is -0.638. The number of hydrogen-bond donors (Lipinski definition) is 0. The molecule has 73 heavy (non-hydrogen) atoms. The van der Waals surface area contributed by atoms with Crippen molar-refractivity contribution >= 4 is 48.6 Å². The van der Waals surface area contributed by atoms with Crippen LogP contribution in [0, 0.1) is 0 Å². The van der Waals surface area contributed by atoms with Crippen LogP contribution in [0.15, 0.2) is 237 Å². The molecule has 4 aliphatic rings. The number of anilines is 3. The lowest BCUT2D eigenvalue weighted by molar-refractivity contribution is 0.489. The molecule has 1 aliphatic heterocycles. The lowest BCUT2D eigenvalue weighted by Gasteiger charge is -2.36. The Bertz CT molecular complexity index is 4360. The zero-order valence-corrected chi connectivity index (χ0v) is 41.1. The molecule has 11 aromatic carbocycles. The van der Waals surface area contributed by atoms with Gasteiger partial charge >= 0.3 is 0 Å². The third-order valence-corrected chi connectivity index (χ3v) is 17.9. The van der Waals surface area contributed by atoms with Crippen LogP contribution in [-0.2, 0) is 10.8 Å². The van der Waals surface area contributed by atoms with Crippen molar-refractivity contribution in [3.8, 4) is 78.3 Å². The summed E-state index contributed by atoms with van der Waals surface area (Å²) in [6, 6.07) is 88.7. The topological polar surface area (TPSA) is 12.5 Å². The molecule has 0 N–H and O–H groups in total. The molecule has 12 aromatic rings. The zero-order valence-electron chi connectivity index (χ0n) is 40.3. The van der Waals surface area contributed by atoms with Gasteiger partial charge in [-0.05, 0) is 138 Å². The lowest BCUT2D eigenvalue weighted by Crippen LogP contribution is -2.29. The van der Waals surface area contributed by atoms with E-state index in [0.29, 0.717) is 0 Å². The number of fused-ring (bicyclic) bond motifs is 24. The van der Waals surface area contributed by atoms with Crippen LogP contribution in [0.3, 0.4) is 0 Å². The summed E-state index contributed by atoms with van der Waals surface area (Å²) in [6.45, 7) is 4.75. The van der Waals surface area contributed by atoms with E-state index in [4.69, 9.17) is 4.74 Å². The van der Waals surface area contributed by atoms with Crippen LogP contribution >= 0.6 is 11.3 Å². The molecule has 2 heterocycles. The summed E-state index contributed by atoms with van der Waals surface area (Å²) >= 11 is 1.89. The zero-order chi connectivity index (χ0) is 48.2. The minimum absolute atomic E-state index is 0.205. The minimum Gasteiger partial charge on any atom is -0.454 e. The number of thiophene rings is 1. The van der Waals surface area contributed by atoms with Gasteiger partial charge in [0.1, 0.15) is 5.75 Å². The molecule has 1 unspecified atom stereocenters. The van der Waals surface area contributed by atoms with Gasteiger partial charge in [-0.1, -0.05) is 202 Å². The highest BCUT2D eigenvalue weighted by atomic mass is 32.1. The molecule has 1 spiro atoms. The van der Waals surface area contributed by atoms with Crippen LogP contribution in [0.5, 0.6) is 11.5 Å². The average Bonchev–Trinajstić information content (AvgIpc) is 3.98. The van der Waals surface area contributed by atoms with Gasteiger partial charge in [-0.2, -0.15) is 0 Å². The molecule has 2 nitrogen and oxygen atoms in total. The van der Waals surface area contributed by atoms with Crippen molar-refractivity contribution in [2.45, 2.75) is 24.7 Å². The Kier molecular flexibility index (Phi) is 8.35. The Balaban J connectivity index is 1.01. The van der Waals surface area contributed by atoms with Crippen LogP contribution in [0.1, 0.15) is 47.2 Å². The maximum atomic E-state index is 7.33. The fourth-order valence-electron chi connectivity index (χ4n) is 13.6. The molecule has 0 saturated heterocycles. The number of hydrogen-bond acceptors (Lipinski definition) is 3. The van der Waals surface area contributed by atoms with Gasteiger partial charge in [0.05, 0.1) is 11.1 Å². The highest BCUT2D eigenvalue weighted by Gasteiger charge is 2.50. The molecule has 342 valence electrons. The van der Waals surface area contributed by atoms with Gasteiger partial charge < -0.3 is 9.64 Å². The highest BCUT2D eigenvalue weighted by molar-refractivity contribution is 7.26. The average molecular weight is 948 g/mol. The van der Waals surface area contributed by atoms with Crippen molar-refractivity contribution in [2.24, 2.45) is 0 Å². The van der Waals surface area contributed by atoms with Gasteiger partial charge in [-0.15, -0.1) is 11.3 Å². The monoisotopic (exact) mass is 947 g/mol. The molecule has 0 bridgehead atoms. The molecule has 3 heteroatoms. The van der Waals surface area contributed by atoms with Crippen LogP contribution in [0.2, 0.25) is 0 Å². The summed E-state index contributed by atoms with van der Waals surface area (Å²) in [5.74, 6) is 1.67. The van der Waals surface area contributed by atoms with Crippen LogP contribution in [0.4, 0.5) is 17.1 Å². The lowest BCUT2D eigenvalue weighted by atomic mass is 9.66. The number of benzene rings is 11. The molecular weight excluding hydrogens is 903 g/mol. The summed E-state index contributed by atoms with van der Waals surface area (Å²) < 4.78 is 9.96. The second-order valence-corrected chi connectivity index (χ2v) is 21.7. The fourth-order valence-corrected chi connectivity index (χ4v) is 14.8. The van der Waals surface area contributed by atoms with Gasteiger partial charge in [0.2, 0.25) is 0 Å². The van der Waals surface area contributed by atoms with E-state index < -0.39 is 5.41 Å². The molecule has 0 saturated carbocycles. The molecule has 1 aromatic heterocycles. The predicted molar refractivity (Wildman–Crippen MR) is 304 cm³/mol.